The minimum Gasteiger partial charge on any atom is -0.352 e. The van der Waals surface area contributed by atoms with Crippen LogP contribution in [-0.2, 0) is 6.54 Å². The number of aryl methyl sites for hydroxylation is 1. The lowest BCUT2D eigenvalue weighted by molar-refractivity contribution is 0.370. The summed E-state index contributed by atoms with van der Waals surface area (Å²) in [6.07, 6.45) is 6.82. The molecular weight excluding hydrogens is 427 g/mol. The molecule has 0 aliphatic carbocycles. The SMILES string of the molecule is CN=C(NCc1ccc(-n2ccnc2C)nc1)N1CCC(C)(C)C1.I. The highest BCUT2D eigenvalue weighted by Gasteiger charge is 2.30. The highest BCUT2D eigenvalue weighted by Crippen LogP contribution is 2.28. The predicted molar refractivity (Wildman–Crippen MR) is 112 cm³/mol. The van der Waals surface area contributed by atoms with E-state index < -0.39 is 0 Å². The monoisotopic (exact) mass is 454 g/mol. The number of aliphatic imine (C=N–C) groups is 1. The molecule has 1 fully saturated rings. The van der Waals surface area contributed by atoms with Crippen LogP contribution in [0.3, 0.4) is 0 Å². The minimum absolute atomic E-state index is 0. The van der Waals surface area contributed by atoms with Gasteiger partial charge in [0.25, 0.3) is 0 Å². The molecule has 2 aromatic rings. The van der Waals surface area contributed by atoms with Gasteiger partial charge in [-0.2, -0.15) is 0 Å². The molecule has 6 nitrogen and oxygen atoms in total. The van der Waals surface area contributed by atoms with Gasteiger partial charge < -0.3 is 10.2 Å². The van der Waals surface area contributed by atoms with Crippen molar-refractivity contribution in [2.45, 2.75) is 33.7 Å². The maximum atomic E-state index is 4.54. The first-order chi connectivity index (χ1) is 11.5. The van der Waals surface area contributed by atoms with E-state index in [1.807, 2.05) is 37.0 Å². The number of halogens is 1. The lowest BCUT2D eigenvalue weighted by atomic mass is 9.93. The van der Waals surface area contributed by atoms with Gasteiger partial charge in [-0.15, -0.1) is 24.0 Å². The van der Waals surface area contributed by atoms with Gasteiger partial charge in [0, 0.05) is 45.3 Å². The van der Waals surface area contributed by atoms with E-state index in [0.29, 0.717) is 5.41 Å². The van der Waals surface area contributed by atoms with Crippen LogP contribution in [0.2, 0.25) is 0 Å². The van der Waals surface area contributed by atoms with Gasteiger partial charge in [-0.1, -0.05) is 19.9 Å². The van der Waals surface area contributed by atoms with Crippen LogP contribution in [0.1, 0.15) is 31.7 Å². The summed E-state index contributed by atoms with van der Waals surface area (Å²) >= 11 is 0. The van der Waals surface area contributed by atoms with Crippen LogP contribution in [0.5, 0.6) is 0 Å². The molecule has 3 rings (SSSR count). The number of imidazole rings is 1. The van der Waals surface area contributed by atoms with Gasteiger partial charge in [0.05, 0.1) is 0 Å². The summed E-state index contributed by atoms with van der Waals surface area (Å²) in [6, 6.07) is 4.11. The number of pyridine rings is 1. The van der Waals surface area contributed by atoms with Gasteiger partial charge in [0.2, 0.25) is 0 Å². The topological polar surface area (TPSA) is 58.3 Å². The molecule has 3 heterocycles. The summed E-state index contributed by atoms with van der Waals surface area (Å²) in [5.74, 6) is 2.79. The number of aromatic nitrogens is 3. The smallest absolute Gasteiger partial charge is 0.193 e. The molecule has 1 aliphatic heterocycles. The van der Waals surface area contributed by atoms with Crippen LogP contribution in [0, 0.1) is 12.3 Å². The number of guanidine groups is 1. The summed E-state index contributed by atoms with van der Waals surface area (Å²) in [5.41, 5.74) is 1.50. The highest BCUT2D eigenvalue weighted by molar-refractivity contribution is 14.0. The molecule has 0 radical (unpaired) electrons. The van der Waals surface area contributed by atoms with E-state index in [1.165, 1.54) is 6.42 Å². The van der Waals surface area contributed by atoms with Gasteiger partial charge in [-0.25, -0.2) is 9.97 Å². The van der Waals surface area contributed by atoms with E-state index in [9.17, 15) is 0 Å². The summed E-state index contributed by atoms with van der Waals surface area (Å²) in [7, 11) is 1.84. The Kier molecular flexibility index (Phi) is 6.42. The second kappa shape index (κ2) is 8.16. The van der Waals surface area contributed by atoms with Crippen molar-refractivity contribution in [3.05, 3.63) is 42.1 Å². The Morgan fingerprint density at radius 1 is 1.32 bits per heavy atom. The van der Waals surface area contributed by atoms with Crippen molar-refractivity contribution >= 4 is 29.9 Å². The number of nitrogens with one attached hydrogen (secondary N) is 1. The molecule has 2 aromatic heterocycles. The van der Waals surface area contributed by atoms with Gasteiger partial charge in [0.1, 0.15) is 11.6 Å². The van der Waals surface area contributed by atoms with Crippen molar-refractivity contribution in [3.8, 4) is 5.82 Å². The normalized spacial score (nSPS) is 16.6. The quantitative estimate of drug-likeness (QED) is 0.440. The number of nitrogens with zero attached hydrogens (tertiary/aromatic N) is 5. The fraction of sp³-hybridized carbons (Fsp3) is 0.500. The van der Waals surface area contributed by atoms with Crippen LogP contribution >= 0.6 is 24.0 Å². The van der Waals surface area contributed by atoms with E-state index in [0.717, 1.165) is 42.8 Å². The third kappa shape index (κ3) is 4.71. The second-order valence-corrected chi connectivity index (χ2v) is 7.11. The average molecular weight is 454 g/mol. The molecule has 0 bridgehead atoms. The summed E-state index contributed by atoms with van der Waals surface area (Å²) in [6.45, 7) is 9.41. The molecule has 136 valence electrons. The standard InChI is InChI=1S/C18H26N6.HI/c1-14-20-8-10-24(14)16-6-5-15(11-21-16)12-22-17(19-4)23-9-7-18(2,3)13-23;/h5-6,8,10-11H,7,9,12-13H2,1-4H3,(H,19,22);1H. The molecule has 0 saturated carbocycles. The van der Waals surface area contributed by atoms with Crippen molar-refractivity contribution in [1.29, 1.82) is 0 Å². The molecule has 25 heavy (non-hydrogen) atoms. The Labute approximate surface area is 166 Å². The van der Waals surface area contributed by atoms with E-state index in [-0.39, 0.29) is 24.0 Å². The maximum Gasteiger partial charge on any atom is 0.193 e. The Bertz CT molecular complexity index is 719. The second-order valence-electron chi connectivity index (χ2n) is 7.11. The molecule has 0 aromatic carbocycles. The molecule has 1 aliphatic rings. The largest absolute Gasteiger partial charge is 0.352 e. The molecular formula is C18H27IN6. The van der Waals surface area contributed by atoms with Crippen molar-refractivity contribution < 1.29 is 0 Å². The van der Waals surface area contributed by atoms with Gasteiger partial charge in [-0.05, 0) is 30.4 Å². The zero-order valence-electron chi connectivity index (χ0n) is 15.4. The first kappa shape index (κ1) is 19.7. The van der Waals surface area contributed by atoms with Gasteiger partial charge >= 0.3 is 0 Å². The maximum absolute atomic E-state index is 4.54. The fourth-order valence-corrected chi connectivity index (χ4v) is 3.09. The third-order valence-electron chi connectivity index (χ3n) is 4.52. The summed E-state index contributed by atoms with van der Waals surface area (Å²) < 4.78 is 1.97. The zero-order valence-corrected chi connectivity index (χ0v) is 17.7. The Morgan fingerprint density at radius 2 is 2.12 bits per heavy atom. The molecule has 1 saturated heterocycles. The van der Waals surface area contributed by atoms with Crippen molar-refractivity contribution in [3.63, 3.8) is 0 Å². The van der Waals surface area contributed by atoms with Crippen LogP contribution in [-0.4, -0.2) is 45.5 Å². The van der Waals surface area contributed by atoms with E-state index in [1.54, 1.807) is 6.20 Å². The van der Waals surface area contributed by atoms with Crippen LogP contribution < -0.4 is 5.32 Å². The third-order valence-corrected chi connectivity index (χ3v) is 4.52. The van der Waals surface area contributed by atoms with Crippen LogP contribution in [0.15, 0.2) is 35.7 Å². The van der Waals surface area contributed by atoms with Crippen molar-refractivity contribution in [2.75, 3.05) is 20.1 Å². The van der Waals surface area contributed by atoms with Crippen molar-refractivity contribution in [1.82, 2.24) is 24.8 Å². The van der Waals surface area contributed by atoms with E-state index >= 15 is 0 Å². The number of likely N-dealkylation sites (tertiary alicyclic amines) is 1. The Morgan fingerprint density at radius 3 is 2.64 bits per heavy atom. The molecule has 0 unspecified atom stereocenters. The van der Waals surface area contributed by atoms with E-state index in [2.05, 4.69) is 45.1 Å². The summed E-state index contributed by atoms with van der Waals surface area (Å²) in [4.78, 5) is 15.5. The first-order valence-corrected chi connectivity index (χ1v) is 8.39. The number of hydrogen-bond donors (Lipinski definition) is 1. The minimum atomic E-state index is 0. The number of rotatable bonds is 3. The number of hydrogen-bond acceptors (Lipinski definition) is 3. The fourth-order valence-electron chi connectivity index (χ4n) is 3.09. The van der Waals surface area contributed by atoms with Crippen LogP contribution in [0.25, 0.3) is 5.82 Å². The predicted octanol–water partition coefficient (Wildman–Crippen LogP) is 3.00. The molecule has 1 N–H and O–H groups in total. The Balaban J connectivity index is 0.00000225. The molecule has 0 spiro atoms. The zero-order chi connectivity index (χ0) is 17.2. The lowest BCUT2D eigenvalue weighted by Gasteiger charge is -2.23. The summed E-state index contributed by atoms with van der Waals surface area (Å²) in [5, 5.41) is 3.45. The molecule has 0 atom stereocenters. The Hall–Kier alpha value is -1.64. The molecule has 7 heteroatoms. The first-order valence-electron chi connectivity index (χ1n) is 8.39. The highest BCUT2D eigenvalue weighted by atomic mass is 127. The van der Waals surface area contributed by atoms with Gasteiger partial charge in [-0.3, -0.25) is 9.56 Å². The van der Waals surface area contributed by atoms with Crippen molar-refractivity contribution in [2.24, 2.45) is 10.4 Å². The molecule has 0 amide bonds. The van der Waals surface area contributed by atoms with Gasteiger partial charge in [0.15, 0.2) is 5.96 Å². The van der Waals surface area contributed by atoms with E-state index in [4.69, 9.17) is 0 Å². The average Bonchev–Trinajstić information content (AvgIpc) is 3.14. The van der Waals surface area contributed by atoms with Crippen LogP contribution in [0.4, 0.5) is 0 Å². The lowest BCUT2D eigenvalue weighted by Crippen LogP contribution is -2.40.